The Labute approximate surface area is 112 Å². The molecule has 1 saturated carbocycles. The third kappa shape index (κ3) is 2.19. The van der Waals surface area contributed by atoms with Crippen molar-refractivity contribution in [1.29, 1.82) is 0 Å². The molecule has 0 bridgehead atoms. The van der Waals surface area contributed by atoms with Crippen LogP contribution in [-0.4, -0.2) is 19.1 Å². The molecule has 3 nitrogen and oxygen atoms in total. The van der Waals surface area contributed by atoms with Gasteiger partial charge in [-0.3, -0.25) is 4.79 Å². The molecule has 2 heterocycles. The molecular weight excluding hydrogens is 246 g/mol. The number of hydrogen-bond donors (Lipinski definition) is 1. The Hall–Kier alpha value is -0.870. The van der Waals surface area contributed by atoms with Crippen molar-refractivity contribution in [3.8, 4) is 0 Å². The zero-order valence-electron chi connectivity index (χ0n) is 10.5. The van der Waals surface area contributed by atoms with Gasteiger partial charge in [-0.05, 0) is 30.7 Å². The van der Waals surface area contributed by atoms with Gasteiger partial charge in [-0.1, -0.05) is 18.9 Å². The molecule has 1 atom stereocenters. The van der Waals surface area contributed by atoms with E-state index >= 15 is 0 Å². The summed E-state index contributed by atoms with van der Waals surface area (Å²) in [5.74, 6) is 0.241. The van der Waals surface area contributed by atoms with Gasteiger partial charge in [0, 0.05) is 11.5 Å². The molecule has 1 saturated heterocycles. The Kier molecular flexibility index (Phi) is 3.39. The van der Waals surface area contributed by atoms with Gasteiger partial charge in [0.05, 0.1) is 18.1 Å². The third-order valence-electron chi connectivity index (χ3n) is 4.11. The van der Waals surface area contributed by atoms with Gasteiger partial charge < -0.3 is 10.1 Å². The zero-order valence-corrected chi connectivity index (χ0v) is 11.3. The Morgan fingerprint density at radius 3 is 2.89 bits per heavy atom. The summed E-state index contributed by atoms with van der Waals surface area (Å²) in [6, 6.07) is 4.23. The zero-order chi connectivity index (χ0) is 12.4. The first kappa shape index (κ1) is 12.2. The van der Waals surface area contributed by atoms with Crippen LogP contribution >= 0.6 is 11.3 Å². The van der Waals surface area contributed by atoms with Crippen molar-refractivity contribution in [3.63, 3.8) is 0 Å². The van der Waals surface area contributed by atoms with Crippen LogP contribution in [0.3, 0.4) is 0 Å². The number of hydrogen-bond acceptors (Lipinski definition) is 3. The molecule has 0 spiro atoms. The van der Waals surface area contributed by atoms with Crippen molar-refractivity contribution >= 4 is 17.2 Å². The maximum Gasteiger partial charge on any atom is 0.226 e. The lowest BCUT2D eigenvalue weighted by Gasteiger charge is -2.30. The molecule has 1 aromatic rings. The van der Waals surface area contributed by atoms with Crippen LogP contribution in [0.15, 0.2) is 17.5 Å². The van der Waals surface area contributed by atoms with Gasteiger partial charge in [0.15, 0.2) is 0 Å². The van der Waals surface area contributed by atoms with Crippen molar-refractivity contribution in [2.45, 2.75) is 37.6 Å². The summed E-state index contributed by atoms with van der Waals surface area (Å²) < 4.78 is 5.31. The fourth-order valence-corrected chi connectivity index (χ4v) is 3.98. The highest BCUT2D eigenvalue weighted by Gasteiger charge is 2.39. The van der Waals surface area contributed by atoms with Crippen LogP contribution in [-0.2, 0) is 15.1 Å². The summed E-state index contributed by atoms with van der Waals surface area (Å²) in [5.41, 5.74) is -0.0894. The predicted octanol–water partition coefficient (Wildman–Crippen LogP) is 2.67. The quantitative estimate of drug-likeness (QED) is 0.912. The highest BCUT2D eigenvalue weighted by Crippen LogP contribution is 2.41. The average molecular weight is 265 g/mol. The largest absolute Gasteiger partial charge is 0.381 e. The summed E-state index contributed by atoms with van der Waals surface area (Å²) >= 11 is 1.76. The van der Waals surface area contributed by atoms with Crippen molar-refractivity contribution in [2.75, 3.05) is 13.2 Å². The molecule has 1 N–H and O–H groups in total. The minimum atomic E-state index is -0.0894. The number of thiophene rings is 1. The minimum Gasteiger partial charge on any atom is -0.381 e. The maximum absolute atomic E-state index is 12.3. The molecule has 98 valence electrons. The number of amides is 1. The fourth-order valence-electron chi connectivity index (χ4n) is 3.04. The van der Waals surface area contributed by atoms with Gasteiger partial charge in [0.25, 0.3) is 0 Å². The first-order valence-electron chi connectivity index (χ1n) is 6.74. The molecule has 0 radical (unpaired) electrons. The molecule has 1 aliphatic heterocycles. The lowest BCUT2D eigenvalue weighted by Crippen LogP contribution is -2.46. The Balaban J connectivity index is 1.76. The summed E-state index contributed by atoms with van der Waals surface area (Å²) in [6.45, 7) is 1.32. The minimum absolute atomic E-state index is 0.0578. The first-order valence-corrected chi connectivity index (χ1v) is 7.62. The van der Waals surface area contributed by atoms with Crippen LogP contribution in [0.1, 0.15) is 37.0 Å². The van der Waals surface area contributed by atoms with Crippen molar-refractivity contribution < 1.29 is 9.53 Å². The second-order valence-electron chi connectivity index (χ2n) is 5.32. The smallest absolute Gasteiger partial charge is 0.226 e. The number of rotatable bonds is 3. The van der Waals surface area contributed by atoms with Crippen LogP contribution in [0.25, 0.3) is 0 Å². The lowest BCUT2D eigenvalue weighted by atomic mass is 9.94. The molecule has 2 fully saturated rings. The van der Waals surface area contributed by atoms with E-state index in [9.17, 15) is 4.79 Å². The van der Waals surface area contributed by atoms with Crippen LogP contribution in [0, 0.1) is 5.92 Å². The van der Waals surface area contributed by atoms with E-state index in [1.807, 2.05) is 0 Å². The summed E-state index contributed by atoms with van der Waals surface area (Å²) in [7, 11) is 0. The monoisotopic (exact) mass is 265 g/mol. The Morgan fingerprint density at radius 2 is 2.28 bits per heavy atom. The van der Waals surface area contributed by atoms with E-state index in [4.69, 9.17) is 4.74 Å². The molecule has 18 heavy (non-hydrogen) atoms. The Bertz CT molecular complexity index is 403. The molecule has 0 unspecified atom stereocenters. The van der Waals surface area contributed by atoms with E-state index in [-0.39, 0.29) is 17.4 Å². The van der Waals surface area contributed by atoms with Gasteiger partial charge in [-0.15, -0.1) is 11.3 Å². The molecular formula is C14H19NO2S. The molecule has 0 aromatic carbocycles. The highest BCUT2D eigenvalue weighted by atomic mass is 32.1. The number of nitrogens with one attached hydrogen (secondary N) is 1. The topological polar surface area (TPSA) is 38.3 Å². The van der Waals surface area contributed by atoms with Crippen LogP contribution in [0.4, 0.5) is 0 Å². The van der Waals surface area contributed by atoms with Gasteiger partial charge >= 0.3 is 0 Å². The van der Waals surface area contributed by atoms with E-state index in [2.05, 4.69) is 22.8 Å². The average Bonchev–Trinajstić information content (AvgIpc) is 3.12. The molecule has 1 aromatic heterocycles. The van der Waals surface area contributed by atoms with Gasteiger partial charge in [0.1, 0.15) is 0 Å². The second-order valence-corrected chi connectivity index (χ2v) is 6.26. The van der Waals surface area contributed by atoms with E-state index in [1.165, 1.54) is 17.7 Å². The number of carbonyl (C=O) groups excluding carboxylic acids is 1. The standard InChI is InChI=1S/C14H19NO2S/c16-13(11-5-8-17-10-11)15-14(6-1-2-7-14)12-4-3-9-18-12/h3-4,9,11H,1-2,5-8,10H2,(H,15,16)/t11-/m1/s1. The normalized spacial score (nSPS) is 26.3. The summed E-state index contributed by atoms with van der Waals surface area (Å²) in [4.78, 5) is 13.6. The highest BCUT2D eigenvalue weighted by molar-refractivity contribution is 7.10. The third-order valence-corrected chi connectivity index (χ3v) is 5.19. The Morgan fingerprint density at radius 1 is 1.44 bits per heavy atom. The van der Waals surface area contributed by atoms with Crippen molar-refractivity contribution in [2.24, 2.45) is 5.92 Å². The van der Waals surface area contributed by atoms with Crippen LogP contribution < -0.4 is 5.32 Å². The SMILES string of the molecule is O=C(NC1(c2cccs2)CCCC1)[C@@H]1CCOC1. The number of carbonyl (C=O) groups is 1. The molecule has 1 aliphatic carbocycles. The first-order chi connectivity index (χ1) is 8.80. The summed E-state index contributed by atoms with van der Waals surface area (Å²) in [5, 5.41) is 5.43. The van der Waals surface area contributed by atoms with E-state index in [0.717, 1.165) is 25.9 Å². The van der Waals surface area contributed by atoms with Gasteiger partial charge in [0.2, 0.25) is 5.91 Å². The van der Waals surface area contributed by atoms with Gasteiger partial charge in [-0.2, -0.15) is 0 Å². The number of ether oxygens (including phenoxy) is 1. The molecule has 1 amide bonds. The fraction of sp³-hybridized carbons (Fsp3) is 0.643. The maximum atomic E-state index is 12.3. The van der Waals surface area contributed by atoms with Crippen molar-refractivity contribution in [1.82, 2.24) is 5.32 Å². The second kappa shape index (κ2) is 5.02. The molecule has 3 rings (SSSR count). The lowest BCUT2D eigenvalue weighted by molar-refractivity contribution is -0.127. The molecule has 4 heteroatoms. The molecule has 2 aliphatic rings. The van der Waals surface area contributed by atoms with Crippen LogP contribution in [0.5, 0.6) is 0 Å². The van der Waals surface area contributed by atoms with E-state index in [0.29, 0.717) is 6.61 Å². The van der Waals surface area contributed by atoms with E-state index in [1.54, 1.807) is 11.3 Å². The van der Waals surface area contributed by atoms with Gasteiger partial charge in [-0.25, -0.2) is 0 Å². The van der Waals surface area contributed by atoms with Crippen molar-refractivity contribution in [3.05, 3.63) is 22.4 Å². The van der Waals surface area contributed by atoms with Crippen LogP contribution in [0.2, 0.25) is 0 Å². The summed E-state index contributed by atoms with van der Waals surface area (Å²) in [6.07, 6.45) is 5.44. The predicted molar refractivity (Wildman–Crippen MR) is 71.5 cm³/mol. The van der Waals surface area contributed by atoms with E-state index < -0.39 is 0 Å².